The average molecular weight is 458 g/mol. The second-order valence-corrected chi connectivity index (χ2v) is 4.44. The fraction of sp³-hybridized carbons (Fsp3) is 1.00. The Hall–Kier alpha value is -1.33. The Bertz CT molecular complexity index is 469. The monoisotopic (exact) mass is 458 g/mol. The van der Waals surface area contributed by atoms with Crippen LogP contribution < -0.4 is 0 Å². The van der Waals surface area contributed by atoms with E-state index in [1.165, 1.54) is 0 Å². The number of halogens is 19. The highest BCUT2D eigenvalue weighted by atomic mass is 19.4. The minimum Gasteiger partial charge on any atom is -0.269 e. The van der Waals surface area contributed by atoms with Gasteiger partial charge in [0.2, 0.25) is 0 Å². The van der Waals surface area contributed by atoms with Gasteiger partial charge in [-0.3, -0.25) is 4.70 Å². The molecule has 0 aliphatic heterocycles. The van der Waals surface area contributed by atoms with Gasteiger partial charge < -0.3 is 0 Å². The predicted molar refractivity (Wildman–Crippen MR) is 44.3 cm³/mol. The lowest BCUT2D eigenvalue weighted by Gasteiger charge is -2.41. The maximum absolute atomic E-state index is 12.8. The molecule has 166 valence electrons. The van der Waals surface area contributed by atoms with Crippen LogP contribution in [0.15, 0.2) is 0 Å². The molecule has 0 saturated heterocycles. The van der Waals surface area contributed by atoms with Crippen molar-refractivity contribution in [2.24, 2.45) is 0 Å². The SMILES string of the molecule is F.FC(F)(F)C(F)(F)C(F)(F)C(F)(F)C(F)(F)C(F)(F)C(F)(F)C(F)(F)F. The maximum Gasteiger partial charge on any atom is 0.460 e. The van der Waals surface area contributed by atoms with Gasteiger partial charge in [0.05, 0.1) is 0 Å². The van der Waals surface area contributed by atoms with E-state index in [1.54, 1.807) is 0 Å². The lowest BCUT2D eigenvalue weighted by atomic mass is 9.91. The summed E-state index contributed by atoms with van der Waals surface area (Å²) in [5.41, 5.74) is 0. The number of alkyl halides is 18. The second-order valence-electron chi connectivity index (χ2n) is 4.44. The van der Waals surface area contributed by atoms with Gasteiger partial charge in [0.25, 0.3) is 0 Å². The van der Waals surface area contributed by atoms with Crippen LogP contribution in [-0.4, -0.2) is 47.9 Å². The molecule has 0 unspecified atom stereocenters. The van der Waals surface area contributed by atoms with Gasteiger partial charge in [-0.2, -0.15) is 79.0 Å². The van der Waals surface area contributed by atoms with Crippen molar-refractivity contribution in [3.05, 3.63) is 0 Å². The van der Waals surface area contributed by atoms with Crippen LogP contribution in [0.3, 0.4) is 0 Å². The molecule has 0 fully saturated rings. The molecule has 0 heterocycles. The van der Waals surface area contributed by atoms with Crippen LogP contribution in [0.5, 0.6) is 0 Å². The first-order valence-corrected chi connectivity index (χ1v) is 5.15. The van der Waals surface area contributed by atoms with Gasteiger partial charge in [0.15, 0.2) is 0 Å². The molecule has 0 N–H and O–H groups in total. The lowest BCUT2D eigenvalue weighted by Crippen LogP contribution is -2.74. The van der Waals surface area contributed by atoms with E-state index in [0.29, 0.717) is 0 Å². The van der Waals surface area contributed by atoms with Crippen LogP contribution in [0.2, 0.25) is 0 Å². The fourth-order valence-electron chi connectivity index (χ4n) is 1.14. The van der Waals surface area contributed by atoms with Crippen molar-refractivity contribution in [1.29, 1.82) is 0 Å². The molecular weight excluding hydrogens is 457 g/mol. The summed E-state index contributed by atoms with van der Waals surface area (Å²) in [4.78, 5) is 0. The van der Waals surface area contributed by atoms with Crippen LogP contribution in [0.1, 0.15) is 0 Å². The largest absolute Gasteiger partial charge is 0.460 e. The number of hydrogen-bond donors (Lipinski definition) is 0. The summed E-state index contributed by atoms with van der Waals surface area (Å²) in [5.74, 6) is -51.0. The van der Waals surface area contributed by atoms with Crippen molar-refractivity contribution in [2.45, 2.75) is 47.9 Å². The van der Waals surface area contributed by atoms with Crippen molar-refractivity contribution in [3.63, 3.8) is 0 Å². The Kier molecular flexibility index (Phi) is 6.55. The highest BCUT2D eigenvalue weighted by Gasteiger charge is 2.95. The van der Waals surface area contributed by atoms with Crippen LogP contribution in [-0.2, 0) is 0 Å². The number of rotatable bonds is 5. The van der Waals surface area contributed by atoms with E-state index < -0.39 is 47.9 Å². The van der Waals surface area contributed by atoms with E-state index in [4.69, 9.17) is 0 Å². The summed E-state index contributed by atoms with van der Waals surface area (Å²) in [7, 11) is 0. The average Bonchev–Trinajstić information content (AvgIpc) is 2.34. The molecule has 0 radical (unpaired) electrons. The van der Waals surface area contributed by atoms with Crippen molar-refractivity contribution < 1.29 is 83.7 Å². The smallest absolute Gasteiger partial charge is 0.269 e. The maximum atomic E-state index is 12.8. The third kappa shape index (κ3) is 3.33. The van der Waals surface area contributed by atoms with Crippen LogP contribution in [0.4, 0.5) is 83.7 Å². The van der Waals surface area contributed by atoms with Crippen molar-refractivity contribution >= 4 is 0 Å². The van der Waals surface area contributed by atoms with E-state index in [0.717, 1.165) is 0 Å². The first kappa shape index (κ1) is 27.9. The Morgan fingerprint density at radius 1 is 0.222 bits per heavy atom. The van der Waals surface area contributed by atoms with Crippen molar-refractivity contribution in [2.75, 3.05) is 0 Å². The molecule has 0 amide bonds. The standard InChI is InChI=1S/C8F18.FH/c9-1(10,3(13,14)5(17,18)7(21,22)23)2(11,12)4(15,16)6(19,20)8(24,25)26;/h;1H. The zero-order valence-corrected chi connectivity index (χ0v) is 11.2. The Morgan fingerprint density at radius 2 is 0.333 bits per heavy atom. The van der Waals surface area contributed by atoms with E-state index in [9.17, 15) is 79.0 Å². The van der Waals surface area contributed by atoms with Crippen molar-refractivity contribution in [3.8, 4) is 0 Å². The van der Waals surface area contributed by atoms with Gasteiger partial charge in [-0.25, -0.2) is 0 Å². The second kappa shape index (κ2) is 6.35. The molecule has 0 atom stereocenters. The molecule has 0 aromatic rings. The summed E-state index contributed by atoms with van der Waals surface area (Å²) in [6.07, 6.45) is -15.6. The fourth-order valence-corrected chi connectivity index (χ4v) is 1.14. The van der Waals surface area contributed by atoms with Crippen molar-refractivity contribution in [1.82, 2.24) is 0 Å². The Labute approximate surface area is 133 Å². The molecule has 27 heavy (non-hydrogen) atoms. The Morgan fingerprint density at radius 3 is 0.444 bits per heavy atom. The molecule has 0 nitrogen and oxygen atoms in total. The molecule has 0 aromatic heterocycles. The highest BCUT2D eigenvalue weighted by molar-refractivity contribution is 5.14. The molecule has 0 rings (SSSR count). The number of hydrogen-bond acceptors (Lipinski definition) is 0. The minimum absolute atomic E-state index is 0. The third-order valence-corrected chi connectivity index (χ3v) is 2.68. The first-order valence-electron chi connectivity index (χ1n) is 5.15. The molecule has 0 spiro atoms. The zero-order valence-electron chi connectivity index (χ0n) is 11.2. The lowest BCUT2D eigenvalue weighted by molar-refractivity contribution is -0.468. The molecule has 0 aromatic carbocycles. The van der Waals surface area contributed by atoms with E-state index in [2.05, 4.69) is 0 Å². The Balaban J connectivity index is 0. The van der Waals surface area contributed by atoms with E-state index in [-0.39, 0.29) is 4.70 Å². The van der Waals surface area contributed by atoms with Crippen LogP contribution >= 0.6 is 0 Å². The van der Waals surface area contributed by atoms with Gasteiger partial charge in [-0.1, -0.05) is 0 Å². The molecule has 19 heteroatoms. The van der Waals surface area contributed by atoms with Gasteiger partial charge in [-0.05, 0) is 0 Å². The molecule has 0 bridgehead atoms. The predicted octanol–water partition coefficient (Wildman–Crippen LogP) is 6.08. The third-order valence-electron chi connectivity index (χ3n) is 2.68. The van der Waals surface area contributed by atoms with Gasteiger partial charge in [0.1, 0.15) is 0 Å². The van der Waals surface area contributed by atoms with Gasteiger partial charge in [-0.15, -0.1) is 0 Å². The first-order chi connectivity index (χ1) is 10.8. The summed E-state index contributed by atoms with van der Waals surface area (Å²) < 4.78 is 221. The molecule has 0 saturated carbocycles. The van der Waals surface area contributed by atoms with Crippen LogP contribution in [0, 0.1) is 0 Å². The van der Waals surface area contributed by atoms with E-state index >= 15 is 0 Å². The van der Waals surface area contributed by atoms with Gasteiger partial charge in [0, 0.05) is 0 Å². The van der Waals surface area contributed by atoms with Gasteiger partial charge >= 0.3 is 47.9 Å². The quantitative estimate of drug-likeness (QED) is 0.439. The minimum atomic E-state index is -8.72. The summed E-state index contributed by atoms with van der Waals surface area (Å²) >= 11 is 0. The summed E-state index contributed by atoms with van der Waals surface area (Å²) in [5, 5.41) is 0. The van der Waals surface area contributed by atoms with E-state index in [1.807, 2.05) is 0 Å². The zero-order chi connectivity index (χ0) is 22.0. The highest BCUT2D eigenvalue weighted by Crippen LogP contribution is 2.63. The summed E-state index contributed by atoms with van der Waals surface area (Å²) in [6.45, 7) is 0. The summed E-state index contributed by atoms with van der Waals surface area (Å²) in [6, 6.07) is 0. The topological polar surface area (TPSA) is 0 Å². The molecule has 0 aliphatic rings. The normalized spacial score (nSPS) is 16.2. The van der Waals surface area contributed by atoms with Crippen LogP contribution in [0.25, 0.3) is 0 Å². The molecule has 0 aliphatic carbocycles. The molecular formula is C8HF19.